The number of nitrogens with zero attached hydrogens (tertiary/aromatic N) is 1. The van der Waals surface area contributed by atoms with Crippen LogP contribution in [-0.4, -0.2) is 47.7 Å². The van der Waals surface area contributed by atoms with Crippen LogP contribution < -0.4 is 5.32 Å². The van der Waals surface area contributed by atoms with Crippen molar-refractivity contribution in [3.05, 3.63) is 0 Å². The molecule has 0 aromatic rings. The van der Waals surface area contributed by atoms with Gasteiger partial charge in [-0.25, -0.2) is 0 Å². The zero-order valence-corrected chi connectivity index (χ0v) is 11.4. The number of hydrogen-bond acceptors (Lipinski definition) is 3. The molecule has 2 fully saturated rings. The van der Waals surface area contributed by atoms with E-state index >= 15 is 0 Å². The second kappa shape index (κ2) is 6.53. The molecule has 2 heterocycles. The normalized spacial score (nSPS) is 33.4. The Morgan fingerprint density at radius 1 is 1.39 bits per heavy atom. The van der Waals surface area contributed by atoms with E-state index in [-0.39, 0.29) is 24.6 Å². The first-order valence-electron chi connectivity index (χ1n) is 7.37. The van der Waals surface area contributed by atoms with E-state index in [1.165, 1.54) is 12.8 Å². The predicted octanol–water partition coefficient (Wildman–Crippen LogP) is 1.14. The van der Waals surface area contributed by atoms with E-state index in [1.54, 1.807) is 0 Å². The van der Waals surface area contributed by atoms with E-state index < -0.39 is 0 Å². The van der Waals surface area contributed by atoms with Gasteiger partial charge >= 0.3 is 0 Å². The van der Waals surface area contributed by atoms with Gasteiger partial charge in [-0.15, -0.1) is 0 Å². The quantitative estimate of drug-likeness (QED) is 0.794. The van der Waals surface area contributed by atoms with E-state index in [0.717, 1.165) is 38.8 Å². The van der Waals surface area contributed by atoms with E-state index in [1.807, 2.05) is 4.90 Å². The first kappa shape index (κ1) is 13.8. The van der Waals surface area contributed by atoms with Crippen molar-refractivity contribution in [2.24, 2.45) is 5.92 Å². The average Bonchev–Trinajstić information content (AvgIpc) is 2.39. The minimum Gasteiger partial charge on any atom is -0.396 e. The molecule has 2 aliphatic rings. The van der Waals surface area contributed by atoms with Gasteiger partial charge in [0.05, 0.1) is 6.04 Å². The Morgan fingerprint density at radius 3 is 2.94 bits per heavy atom. The number of aliphatic hydroxyl groups is 1. The number of carbonyl (C=O) groups is 1. The van der Waals surface area contributed by atoms with Gasteiger partial charge in [0.1, 0.15) is 0 Å². The Morgan fingerprint density at radius 2 is 2.22 bits per heavy atom. The molecular weight excluding hydrogens is 228 g/mol. The number of rotatable bonds is 3. The van der Waals surface area contributed by atoms with Crippen LogP contribution in [0.1, 0.15) is 45.4 Å². The average molecular weight is 254 g/mol. The van der Waals surface area contributed by atoms with Crippen LogP contribution in [-0.2, 0) is 4.79 Å². The van der Waals surface area contributed by atoms with Crippen LogP contribution in [0.25, 0.3) is 0 Å². The van der Waals surface area contributed by atoms with Crippen molar-refractivity contribution >= 4 is 5.91 Å². The van der Waals surface area contributed by atoms with E-state index in [9.17, 15) is 4.79 Å². The zero-order valence-electron chi connectivity index (χ0n) is 11.4. The molecule has 4 heteroatoms. The molecule has 2 N–H and O–H groups in total. The number of nitrogens with one attached hydrogen (secondary N) is 1. The van der Waals surface area contributed by atoms with Crippen molar-refractivity contribution in [2.45, 2.75) is 57.5 Å². The molecule has 0 aromatic carbocycles. The highest BCUT2D eigenvalue weighted by atomic mass is 16.3. The van der Waals surface area contributed by atoms with E-state index in [2.05, 4.69) is 12.2 Å². The summed E-state index contributed by atoms with van der Waals surface area (Å²) in [6.45, 7) is 4.23. The van der Waals surface area contributed by atoms with Gasteiger partial charge in [-0.05, 0) is 51.0 Å². The lowest BCUT2D eigenvalue weighted by atomic mass is 9.92. The minimum absolute atomic E-state index is 0.00745. The maximum atomic E-state index is 12.6. The van der Waals surface area contributed by atoms with Crippen LogP contribution in [0.2, 0.25) is 0 Å². The molecule has 1 amide bonds. The molecule has 18 heavy (non-hydrogen) atoms. The molecule has 2 aliphatic heterocycles. The molecular formula is C14H26N2O2. The van der Waals surface area contributed by atoms with Crippen molar-refractivity contribution in [1.29, 1.82) is 0 Å². The number of likely N-dealkylation sites (tertiary alicyclic amines) is 1. The Bertz CT molecular complexity index is 281. The van der Waals surface area contributed by atoms with Crippen LogP contribution in [0.3, 0.4) is 0 Å². The molecule has 0 aromatic heterocycles. The lowest BCUT2D eigenvalue weighted by molar-refractivity contribution is -0.138. The van der Waals surface area contributed by atoms with Gasteiger partial charge in [-0.3, -0.25) is 4.79 Å². The van der Waals surface area contributed by atoms with Crippen molar-refractivity contribution < 1.29 is 9.90 Å². The van der Waals surface area contributed by atoms with Gasteiger partial charge in [-0.1, -0.05) is 6.92 Å². The highest BCUT2D eigenvalue weighted by Gasteiger charge is 2.33. The Balaban J connectivity index is 1.96. The summed E-state index contributed by atoms with van der Waals surface area (Å²) in [5.74, 6) is 0.904. The molecule has 2 rings (SSSR count). The van der Waals surface area contributed by atoms with Crippen molar-refractivity contribution in [1.82, 2.24) is 10.2 Å². The number of aliphatic hydroxyl groups excluding tert-OH is 1. The van der Waals surface area contributed by atoms with Crippen LogP contribution in [0.4, 0.5) is 0 Å². The summed E-state index contributed by atoms with van der Waals surface area (Å²) in [6.07, 6.45) is 6.20. The molecule has 4 nitrogen and oxygen atoms in total. The third kappa shape index (κ3) is 3.23. The molecule has 0 spiro atoms. The number of carbonyl (C=O) groups excluding carboxylic acids is 1. The Kier molecular flexibility index (Phi) is 5.01. The zero-order chi connectivity index (χ0) is 13.0. The van der Waals surface area contributed by atoms with E-state index in [0.29, 0.717) is 5.92 Å². The second-order valence-corrected chi connectivity index (χ2v) is 5.83. The molecule has 0 saturated carbocycles. The fourth-order valence-electron chi connectivity index (χ4n) is 3.24. The SMILES string of the molecule is CC1CCNC(C(=O)N2CCCCC2CCO)C1. The first-order valence-corrected chi connectivity index (χ1v) is 7.37. The molecule has 2 saturated heterocycles. The highest BCUT2D eigenvalue weighted by Crippen LogP contribution is 2.23. The third-order valence-electron chi connectivity index (χ3n) is 4.34. The molecule has 104 valence electrons. The predicted molar refractivity (Wildman–Crippen MR) is 71.2 cm³/mol. The number of amides is 1. The standard InChI is InChI=1S/C14H26N2O2/c1-11-5-7-15-13(10-11)14(18)16-8-3-2-4-12(16)6-9-17/h11-13,15,17H,2-10H2,1H3. The summed E-state index contributed by atoms with van der Waals surface area (Å²) in [5, 5.41) is 12.5. The van der Waals surface area contributed by atoms with Crippen LogP contribution in [0.5, 0.6) is 0 Å². The lowest BCUT2D eigenvalue weighted by Crippen LogP contribution is -2.54. The van der Waals surface area contributed by atoms with Crippen molar-refractivity contribution in [2.75, 3.05) is 19.7 Å². The smallest absolute Gasteiger partial charge is 0.239 e. The minimum atomic E-state index is 0.00745. The summed E-state index contributed by atoms with van der Waals surface area (Å²) in [6, 6.07) is 0.267. The summed E-state index contributed by atoms with van der Waals surface area (Å²) < 4.78 is 0. The largest absolute Gasteiger partial charge is 0.396 e. The second-order valence-electron chi connectivity index (χ2n) is 5.83. The molecule has 0 bridgehead atoms. The summed E-state index contributed by atoms with van der Waals surface area (Å²) in [5.41, 5.74) is 0. The first-order chi connectivity index (χ1) is 8.72. The van der Waals surface area contributed by atoms with Crippen molar-refractivity contribution in [3.63, 3.8) is 0 Å². The maximum Gasteiger partial charge on any atom is 0.239 e. The fourth-order valence-corrected chi connectivity index (χ4v) is 3.24. The van der Waals surface area contributed by atoms with Crippen molar-refractivity contribution in [3.8, 4) is 0 Å². The van der Waals surface area contributed by atoms with E-state index in [4.69, 9.17) is 5.11 Å². The molecule has 3 atom stereocenters. The lowest BCUT2D eigenvalue weighted by Gasteiger charge is -2.39. The summed E-state index contributed by atoms with van der Waals surface area (Å²) in [7, 11) is 0. The maximum absolute atomic E-state index is 12.6. The number of hydrogen-bond donors (Lipinski definition) is 2. The highest BCUT2D eigenvalue weighted by molar-refractivity contribution is 5.82. The monoisotopic (exact) mass is 254 g/mol. The summed E-state index contributed by atoms with van der Waals surface area (Å²) in [4.78, 5) is 14.6. The molecule has 3 unspecified atom stereocenters. The fraction of sp³-hybridized carbons (Fsp3) is 0.929. The van der Waals surface area contributed by atoms with Gasteiger partial charge in [0, 0.05) is 19.2 Å². The third-order valence-corrected chi connectivity index (χ3v) is 4.34. The van der Waals surface area contributed by atoms with Gasteiger partial charge in [0.15, 0.2) is 0 Å². The molecule has 0 radical (unpaired) electrons. The van der Waals surface area contributed by atoms with Gasteiger partial charge in [0.2, 0.25) is 5.91 Å². The van der Waals surface area contributed by atoms with Gasteiger partial charge < -0.3 is 15.3 Å². The van der Waals surface area contributed by atoms with Crippen LogP contribution in [0, 0.1) is 5.92 Å². The summed E-state index contributed by atoms with van der Waals surface area (Å²) >= 11 is 0. The van der Waals surface area contributed by atoms with Gasteiger partial charge in [0.25, 0.3) is 0 Å². The number of piperidine rings is 2. The molecule has 0 aliphatic carbocycles. The van der Waals surface area contributed by atoms with Crippen LogP contribution in [0.15, 0.2) is 0 Å². The topological polar surface area (TPSA) is 52.6 Å². The Labute approximate surface area is 110 Å². The Hall–Kier alpha value is -0.610. The van der Waals surface area contributed by atoms with Crippen LogP contribution >= 0.6 is 0 Å². The van der Waals surface area contributed by atoms with Gasteiger partial charge in [-0.2, -0.15) is 0 Å².